The van der Waals surface area contributed by atoms with Crippen molar-refractivity contribution in [2.45, 2.75) is 26.7 Å². The summed E-state index contributed by atoms with van der Waals surface area (Å²) in [6, 6.07) is 10.6. The van der Waals surface area contributed by atoms with Crippen molar-refractivity contribution in [1.82, 2.24) is 9.80 Å². The van der Waals surface area contributed by atoms with Crippen molar-refractivity contribution in [3.05, 3.63) is 52.8 Å². The molecule has 2 aliphatic rings. The number of likely N-dealkylation sites (N-methyl/N-ethyl adjacent to an activating group) is 1. The Bertz CT molecular complexity index is 612. The fraction of sp³-hybridized carbons (Fsp3) is 0.545. The molecular weight excluding hydrogens is 308 g/mol. The van der Waals surface area contributed by atoms with Gasteiger partial charge in [0.1, 0.15) is 12.4 Å². The second kappa shape index (κ2) is 8.68. The molecule has 136 valence electrons. The molecule has 1 unspecified atom stereocenters. The number of allylic oxidation sites excluding steroid dienone is 2. The van der Waals surface area contributed by atoms with Gasteiger partial charge in [0, 0.05) is 32.7 Å². The molecule has 1 saturated heterocycles. The summed E-state index contributed by atoms with van der Waals surface area (Å²) < 4.78 is 6.31. The van der Waals surface area contributed by atoms with Crippen molar-refractivity contribution in [2.75, 3.05) is 46.4 Å². The zero-order valence-electron chi connectivity index (χ0n) is 16.0. The molecule has 3 nitrogen and oxygen atoms in total. The monoisotopic (exact) mass is 340 g/mol. The van der Waals surface area contributed by atoms with Crippen LogP contribution in [0.4, 0.5) is 0 Å². The maximum Gasteiger partial charge on any atom is 0.121 e. The minimum absolute atomic E-state index is 0.694. The molecule has 25 heavy (non-hydrogen) atoms. The van der Waals surface area contributed by atoms with Gasteiger partial charge >= 0.3 is 0 Å². The lowest BCUT2D eigenvalue weighted by molar-refractivity contribution is 0.112. The van der Waals surface area contributed by atoms with E-state index in [1.807, 2.05) is 0 Å². The quantitative estimate of drug-likeness (QED) is 0.804. The summed E-state index contributed by atoms with van der Waals surface area (Å²) in [5.41, 5.74) is 4.03. The van der Waals surface area contributed by atoms with E-state index in [9.17, 15) is 0 Å². The van der Waals surface area contributed by atoms with Crippen LogP contribution >= 0.6 is 0 Å². The lowest BCUT2D eigenvalue weighted by atomic mass is 9.85. The van der Waals surface area contributed by atoms with Crippen LogP contribution in [0.5, 0.6) is 0 Å². The molecule has 3 rings (SSSR count). The largest absolute Gasteiger partial charge is 0.492 e. The van der Waals surface area contributed by atoms with E-state index in [0.29, 0.717) is 5.92 Å². The first-order chi connectivity index (χ1) is 12.1. The van der Waals surface area contributed by atoms with E-state index in [1.54, 1.807) is 0 Å². The Balaban J connectivity index is 1.64. The summed E-state index contributed by atoms with van der Waals surface area (Å²) in [5, 5.41) is 0. The van der Waals surface area contributed by atoms with Crippen LogP contribution in [0.25, 0.3) is 6.08 Å². The van der Waals surface area contributed by atoms with Crippen molar-refractivity contribution in [1.29, 1.82) is 0 Å². The predicted octanol–water partition coefficient (Wildman–Crippen LogP) is 4.04. The molecule has 0 aromatic heterocycles. The minimum atomic E-state index is 0.694. The SMILES string of the molecule is CC1=C(OCCN2CCN(C)CC2)C(=Cc2ccccc2)CC(C)C1. The van der Waals surface area contributed by atoms with Crippen LogP contribution in [-0.4, -0.2) is 56.2 Å². The molecule has 0 amide bonds. The highest BCUT2D eigenvalue weighted by atomic mass is 16.5. The summed E-state index contributed by atoms with van der Waals surface area (Å²) in [5.74, 6) is 1.84. The molecule has 0 N–H and O–H groups in total. The van der Waals surface area contributed by atoms with E-state index in [4.69, 9.17) is 4.74 Å². The molecule has 1 aliphatic heterocycles. The average molecular weight is 341 g/mol. The third-order valence-corrected chi connectivity index (χ3v) is 5.29. The summed E-state index contributed by atoms with van der Waals surface area (Å²) in [6.07, 6.45) is 4.57. The molecule has 1 fully saturated rings. The molecule has 0 radical (unpaired) electrons. The normalized spacial score (nSPS) is 24.8. The number of nitrogens with zero attached hydrogens (tertiary/aromatic N) is 2. The van der Waals surface area contributed by atoms with Crippen LogP contribution in [0.3, 0.4) is 0 Å². The van der Waals surface area contributed by atoms with Crippen molar-refractivity contribution >= 4 is 6.08 Å². The summed E-state index contributed by atoms with van der Waals surface area (Å²) in [4.78, 5) is 4.91. The Labute approximate surface area is 153 Å². The van der Waals surface area contributed by atoms with Gasteiger partial charge in [0.2, 0.25) is 0 Å². The topological polar surface area (TPSA) is 15.7 Å². The van der Waals surface area contributed by atoms with Crippen molar-refractivity contribution in [3.63, 3.8) is 0 Å². The molecule has 3 heteroatoms. The Kier molecular flexibility index (Phi) is 6.33. The standard InChI is InChI=1S/C22H32N2O/c1-18-15-19(2)22(21(16-18)17-20-7-5-4-6-8-20)25-14-13-24-11-9-23(3)10-12-24/h4-8,17-18H,9-16H2,1-3H3. The molecule has 0 bridgehead atoms. The zero-order valence-corrected chi connectivity index (χ0v) is 16.0. The van der Waals surface area contributed by atoms with Gasteiger partial charge in [0.15, 0.2) is 0 Å². The smallest absolute Gasteiger partial charge is 0.121 e. The van der Waals surface area contributed by atoms with Crippen LogP contribution in [-0.2, 0) is 4.74 Å². The fourth-order valence-electron chi connectivity index (χ4n) is 3.87. The van der Waals surface area contributed by atoms with Crippen molar-refractivity contribution in [2.24, 2.45) is 5.92 Å². The third kappa shape index (κ3) is 5.20. The second-order valence-corrected chi connectivity index (χ2v) is 7.70. The first-order valence-electron chi connectivity index (χ1n) is 9.61. The van der Waals surface area contributed by atoms with Gasteiger partial charge < -0.3 is 9.64 Å². The van der Waals surface area contributed by atoms with Crippen LogP contribution in [0, 0.1) is 5.92 Å². The summed E-state index contributed by atoms with van der Waals surface area (Å²) >= 11 is 0. The minimum Gasteiger partial charge on any atom is -0.492 e. The maximum atomic E-state index is 6.31. The first-order valence-corrected chi connectivity index (χ1v) is 9.61. The van der Waals surface area contributed by atoms with Gasteiger partial charge in [-0.05, 0) is 55.5 Å². The highest BCUT2D eigenvalue weighted by molar-refractivity contribution is 5.58. The lowest BCUT2D eigenvalue weighted by Gasteiger charge is -2.33. The highest BCUT2D eigenvalue weighted by Crippen LogP contribution is 2.35. The van der Waals surface area contributed by atoms with E-state index in [2.05, 4.69) is 67.1 Å². The number of ether oxygens (including phenoxy) is 1. The molecule has 1 aromatic rings. The van der Waals surface area contributed by atoms with Crippen LogP contribution < -0.4 is 0 Å². The van der Waals surface area contributed by atoms with E-state index >= 15 is 0 Å². The van der Waals surface area contributed by atoms with Crippen molar-refractivity contribution < 1.29 is 4.74 Å². The molecule has 1 aliphatic carbocycles. The van der Waals surface area contributed by atoms with Crippen molar-refractivity contribution in [3.8, 4) is 0 Å². The van der Waals surface area contributed by atoms with Gasteiger partial charge in [-0.15, -0.1) is 0 Å². The Morgan fingerprint density at radius 1 is 1.08 bits per heavy atom. The third-order valence-electron chi connectivity index (χ3n) is 5.29. The lowest BCUT2D eigenvalue weighted by Crippen LogP contribution is -2.45. The number of hydrogen-bond acceptors (Lipinski definition) is 3. The second-order valence-electron chi connectivity index (χ2n) is 7.70. The molecular formula is C22H32N2O. The molecule has 0 saturated carbocycles. The highest BCUT2D eigenvalue weighted by Gasteiger charge is 2.22. The molecule has 1 atom stereocenters. The predicted molar refractivity (Wildman–Crippen MR) is 105 cm³/mol. The summed E-state index contributed by atoms with van der Waals surface area (Å²) in [6.45, 7) is 11.0. The number of hydrogen-bond donors (Lipinski definition) is 0. The van der Waals surface area contributed by atoms with E-state index in [0.717, 1.165) is 44.8 Å². The van der Waals surface area contributed by atoms with E-state index in [1.165, 1.54) is 29.8 Å². The zero-order chi connectivity index (χ0) is 17.6. The Morgan fingerprint density at radius 3 is 2.52 bits per heavy atom. The molecule has 1 aromatic carbocycles. The van der Waals surface area contributed by atoms with Gasteiger partial charge in [0.05, 0.1) is 0 Å². The number of rotatable bonds is 5. The molecule has 0 spiro atoms. The Hall–Kier alpha value is -1.58. The number of piperazine rings is 1. The first kappa shape index (κ1) is 18.2. The van der Waals surface area contributed by atoms with Gasteiger partial charge in [-0.3, -0.25) is 4.90 Å². The average Bonchev–Trinajstić information content (AvgIpc) is 2.60. The molecule has 1 heterocycles. The number of benzene rings is 1. The van der Waals surface area contributed by atoms with Gasteiger partial charge in [0.25, 0.3) is 0 Å². The van der Waals surface area contributed by atoms with Gasteiger partial charge in [-0.1, -0.05) is 37.3 Å². The van der Waals surface area contributed by atoms with Crippen LogP contribution in [0.1, 0.15) is 32.3 Å². The van der Waals surface area contributed by atoms with Gasteiger partial charge in [-0.2, -0.15) is 0 Å². The maximum absolute atomic E-state index is 6.31. The summed E-state index contributed by atoms with van der Waals surface area (Å²) in [7, 11) is 2.20. The van der Waals surface area contributed by atoms with E-state index < -0.39 is 0 Å². The van der Waals surface area contributed by atoms with Crippen LogP contribution in [0.15, 0.2) is 47.2 Å². The Morgan fingerprint density at radius 2 is 1.80 bits per heavy atom. The van der Waals surface area contributed by atoms with Crippen LogP contribution in [0.2, 0.25) is 0 Å². The van der Waals surface area contributed by atoms with Gasteiger partial charge in [-0.25, -0.2) is 0 Å². The van der Waals surface area contributed by atoms with E-state index in [-0.39, 0.29) is 0 Å². The fourth-order valence-corrected chi connectivity index (χ4v) is 3.87.